The predicted octanol–water partition coefficient (Wildman–Crippen LogP) is 2.10. The van der Waals surface area contributed by atoms with E-state index < -0.39 is 0 Å². The van der Waals surface area contributed by atoms with Gasteiger partial charge in [0.2, 0.25) is 0 Å². The number of hydrogen-bond donors (Lipinski definition) is 1. The maximum absolute atomic E-state index is 10.4. The second-order valence-electron chi connectivity index (χ2n) is 2.22. The van der Waals surface area contributed by atoms with Crippen molar-refractivity contribution in [1.82, 2.24) is 4.98 Å². The zero-order valence-corrected chi connectivity index (χ0v) is 6.62. The van der Waals surface area contributed by atoms with E-state index in [9.17, 15) is 4.79 Å². The molecule has 0 aliphatic rings. The average molecular weight is 158 g/mol. The van der Waals surface area contributed by atoms with Gasteiger partial charge in [0.1, 0.15) is 5.15 Å². The number of carbonyl (C=O) groups excluding carboxylic acids is 1. The van der Waals surface area contributed by atoms with Crippen molar-refractivity contribution in [2.24, 2.45) is 0 Å². The standard InChI is InChI=1S/C7H8ClNO/c1-4-5(2)9-7(8)6(4)3-10/h3,9H,1-2H3. The maximum Gasteiger partial charge on any atom is 0.153 e. The molecule has 0 aliphatic heterocycles. The number of rotatable bonds is 1. The van der Waals surface area contributed by atoms with Crippen LogP contribution >= 0.6 is 11.6 Å². The minimum absolute atomic E-state index is 0.435. The van der Waals surface area contributed by atoms with Gasteiger partial charge in [0.15, 0.2) is 6.29 Å². The molecule has 2 nitrogen and oxygen atoms in total. The Kier molecular flexibility index (Phi) is 1.81. The fourth-order valence-corrected chi connectivity index (χ4v) is 1.16. The van der Waals surface area contributed by atoms with Crippen molar-refractivity contribution in [2.75, 3.05) is 0 Å². The molecule has 0 aromatic carbocycles. The minimum Gasteiger partial charge on any atom is -0.349 e. The Bertz CT molecular complexity index is 265. The molecule has 1 N–H and O–H groups in total. The fourth-order valence-electron chi connectivity index (χ4n) is 0.832. The number of carbonyl (C=O) groups is 1. The summed E-state index contributed by atoms with van der Waals surface area (Å²) in [7, 11) is 0. The van der Waals surface area contributed by atoms with Gasteiger partial charge in [-0.3, -0.25) is 4.79 Å². The topological polar surface area (TPSA) is 32.9 Å². The first-order valence-electron chi connectivity index (χ1n) is 2.96. The summed E-state index contributed by atoms with van der Waals surface area (Å²) < 4.78 is 0. The lowest BCUT2D eigenvalue weighted by Crippen LogP contribution is -1.79. The first-order chi connectivity index (χ1) is 4.66. The van der Waals surface area contributed by atoms with Crippen LogP contribution in [-0.4, -0.2) is 11.3 Å². The van der Waals surface area contributed by atoms with Gasteiger partial charge in [-0.1, -0.05) is 11.6 Å². The summed E-state index contributed by atoms with van der Waals surface area (Å²) in [6.45, 7) is 3.75. The predicted molar refractivity (Wildman–Crippen MR) is 40.7 cm³/mol. The zero-order chi connectivity index (χ0) is 7.72. The molecule has 0 fully saturated rings. The van der Waals surface area contributed by atoms with Crippen LogP contribution in [0.4, 0.5) is 0 Å². The van der Waals surface area contributed by atoms with Crippen LogP contribution in [0.15, 0.2) is 0 Å². The molecule has 0 atom stereocenters. The van der Waals surface area contributed by atoms with E-state index in [-0.39, 0.29) is 0 Å². The van der Waals surface area contributed by atoms with Crippen LogP contribution in [0.2, 0.25) is 5.15 Å². The second kappa shape index (κ2) is 2.46. The van der Waals surface area contributed by atoms with Crippen molar-refractivity contribution >= 4 is 17.9 Å². The molecule has 1 heterocycles. The monoisotopic (exact) mass is 157 g/mol. The van der Waals surface area contributed by atoms with Gasteiger partial charge in [0.05, 0.1) is 5.56 Å². The zero-order valence-electron chi connectivity index (χ0n) is 5.86. The number of H-pyrrole nitrogens is 1. The number of aromatic amines is 1. The Morgan fingerprint density at radius 2 is 2.10 bits per heavy atom. The lowest BCUT2D eigenvalue weighted by Gasteiger charge is -1.86. The minimum atomic E-state index is 0.435. The van der Waals surface area contributed by atoms with Gasteiger partial charge in [0, 0.05) is 5.69 Å². The Labute approximate surface area is 64.2 Å². The summed E-state index contributed by atoms with van der Waals surface area (Å²) in [5.74, 6) is 0. The molecule has 1 aromatic rings. The molecule has 1 rings (SSSR count). The molecule has 0 amide bonds. The van der Waals surface area contributed by atoms with Crippen molar-refractivity contribution in [1.29, 1.82) is 0 Å². The number of hydrogen-bond acceptors (Lipinski definition) is 1. The second-order valence-corrected chi connectivity index (χ2v) is 2.60. The number of nitrogens with one attached hydrogen (secondary N) is 1. The van der Waals surface area contributed by atoms with E-state index in [1.54, 1.807) is 0 Å². The van der Waals surface area contributed by atoms with Crippen LogP contribution in [-0.2, 0) is 0 Å². The van der Waals surface area contributed by atoms with E-state index in [1.165, 1.54) is 0 Å². The third-order valence-electron chi connectivity index (χ3n) is 1.62. The molecule has 1 aromatic heterocycles. The van der Waals surface area contributed by atoms with Crippen molar-refractivity contribution in [3.05, 3.63) is 22.0 Å². The Hall–Kier alpha value is -0.760. The van der Waals surface area contributed by atoms with Crippen LogP contribution in [0.3, 0.4) is 0 Å². The van der Waals surface area contributed by atoms with E-state index in [0.717, 1.165) is 17.5 Å². The summed E-state index contributed by atoms with van der Waals surface area (Å²) in [4.78, 5) is 13.2. The number of aromatic nitrogens is 1. The Morgan fingerprint density at radius 1 is 1.50 bits per heavy atom. The summed E-state index contributed by atoms with van der Waals surface area (Å²) in [6, 6.07) is 0. The van der Waals surface area contributed by atoms with Crippen LogP contribution in [0.5, 0.6) is 0 Å². The Balaban J connectivity index is 3.33. The fraction of sp³-hybridized carbons (Fsp3) is 0.286. The third kappa shape index (κ3) is 0.948. The molecular weight excluding hydrogens is 150 g/mol. The van der Waals surface area contributed by atoms with Crippen LogP contribution < -0.4 is 0 Å². The van der Waals surface area contributed by atoms with Crippen molar-refractivity contribution in [3.8, 4) is 0 Å². The molecule has 0 saturated heterocycles. The van der Waals surface area contributed by atoms with E-state index in [0.29, 0.717) is 10.7 Å². The van der Waals surface area contributed by atoms with Crippen molar-refractivity contribution < 1.29 is 4.79 Å². The summed E-state index contributed by atoms with van der Waals surface area (Å²) in [6.07, 6.45) is 0.765. The highest BCUT2D eigenvalue weighted by Crippen LogP contribution is 2.19. The van der Waals surface area contributed by atoms with E-state index in [1.807, 2.05) is 13.8 Å². The first kappa shape index (κ1) is 7.35. The first-order valence-corrected chi connectivity index (χ1v) is 3.34. The van der Waals surface area contributed by atoms with Gasteiger partial charge in [-0.15, -0.1) is 0 Å². The average Bonchev–Trinajstić information content (AvgIpc) is 2.09. The van der Waals surface area contributed by atoms with Gasteiger partial charge >= 0.3 is 0 Å². The normalized spacial score (nSPS) is 9.90. The molecule has 10 heavy (non-hydrogen) atoms. The van der Waals surface area contributed by atoms with Gasteiger partial charge in [-0.05, 0) is 19.4 Å². The van der Waals surface area contributed by atoms with E-state index in [4.69, 9.17) is 11.6 Å². The largest absolute Gasteiger partial charge is 0.349 e. The van der Waals surface area contributed by atoms with E-state index >= 15 is 0 Å². The molecule has 0 saturated carbocycles. The lowest BCUT2D eigenvalue weighted by molar-refractivity contribution is 0.112. The summed E-state index contributed by atoms with van der Waals surface area (Å²) in [5, 5.41) is 0.435. The highest BCUT2D eigenvalue weighted by atomic mass is 35.5. The summed E-state index contributed by atoms with van der Waals surface area (Å²) in [5.41, 5.74) is 2.45. The third-order valence-corrected chi connectivity index (χ3v) is 1.92. The van der Waals surface area contributed by atoms with Crippen LogP contribution in [0.25, 0.3) is 0 Å². The molecule has 0 unspecified atom stereocenters. The van der Waals surface area contributed by atoms with Crippen molar-refractivity contribution in [3.63, 3.8) is 0 Å². The SMILES string of the molecule is Cc1[nH]c(Cl)c(C=O)c1C. The highest BCUT2D eigenvalue weighted by Gasteiger charge is 2.07. The van der Waals surface area contributed by atoms with Gasteiger partial charge in [-0.25, -0.2) is 0 Å². The van der Waals surface area contributed by atoms with Crippen LogP contribution in [0, 0.1) is 13.8 Å². The van der Waals surface area contributed by atoms with Gasteiger partial charge in [0.25, 0.3) is 0 Å². The van der Waals surface area contributed by atoms with Crippen LogP contribution in [0.1, 0.15) is 21.6 Å². The number of halogens is 1. The quantitative estimate of drug-likeness (QED) is 0.623. The molecule has 0 aliphatic carbocycles. The molecule has 0 radical (unpaired) electrons. The van der Waals surface area contributed by atoms with Gasteiger partial charge in [-0.2, -0.15) is 0 Å². The number of aryl methyl sites for hydroxylation is 1. The maximum atomic E-state index is 10.4. The molecule has 0 bridgehead atoms. The summed E-state index contributed by atoms with van der Waals surface area (Å²) >= 11 is 5.66. The molecular formula is C7H8ClNO. The molecule has 0 spiro atoms. The molecule has 54 valence electrons. The lowest BCUT2D eigenvalue weighted by atomic mass is 10.2. The van der Waals surface area contributed by atoms with Crippen molar-refractivity contribution in [2.45, 2.75) is 13.8 Å². The number of aldehydes is 1. The smallest absolute Gasteiger partial charge is 0.153 e. The molecule has 3 heteroatoms. The van der Waals surface area contributed by atoms with Gasteiger partial charge < -0.3 is 4.98 Å². The van der Waals surface area contributed by atoms with E-state index in [2.05, 4.69) is 4.98 Å². The Morgan fingerprint density at radius 3 is 2.30 bits per heavy atom. The highest BCUT2D eigenvalue weighted by molar-refractivity contribution is 6.32.